The first-order valence-electron chi connectivity index (χ1n) is 10.2. The van der Waals surface area contributed by atoms with E-state index in [9.17, 15) is 18.0 Å². The Bertz CT molecular complexity index is 1340. The van der Waals surface area contributed by atoms with E-state index in [1.54, 1.807) is 42.5 Å². The van der Waals surface area contributed by atoms with Gasteiger partial charge in [0.05, 0.1) is 7.11 Å². The minimum absolute atomic E-state index is 0.208. The highest BCUT2D eigenvalue weighted by Gasteiger charge is 2.38. The summed E-state index contributed by atoms with van der Waals surface area (Å²) in [6.45, 7) is 0. The normalized spacial score (nSPS) is 10.7. The summed E-state index contributed by atoms with van der Waals surface area (Å²) in [4.78, 5) is 34.5. The van der Waals surface area contributed by atoms with Gasteiger partial charge in [-0.2, -0.15) is 13.2 Å². The van der Waals surface area contributed by atoms with Crippen molar-refractivity contribution in [3.63, 3.8) is 0 Å². The Kier molecular flexibility index (Phi) is 8.00. The maximum atomic E-state index is 12.7. The average Bonchev–Trinajstić information content (AvgIpc) is 3.26. The largest absolute Gasteiger partial charge is 0.497 e. The molecule has 3 heterocycles. The summed E-state index contributed by atoms with van der Waals surface area (Å²) in [6, 6.07) is 12.8. The molecule has 9 nitrogen and oxygen atoms in total. The van der Waals surface area contributed by atoms with Crippen molar-refractivity contribution >= 4 is 17.6 Å². The topological polar surface area (TPSA) is 119 Å². The number of amides is 1. The number of aromatic nitrogens is 4. The fourth-order valence-corrected chi connectivity index (χ4v) is 2.97. The summed E-state index contributed by atoms with van der Waals surface area (Å²) in [5.41, 5.74) is 3.74. The molecule has 0 radical (unpaired) electrons. The summed E-state index contributed by atoms with van der Waals surface area (Å²) in [6.07, 6.45) is 3.71. The molecule has 0 fully saturated rings. The summed E-state index contributed by atoms with van der Waals surface area (Å²) in [5.74, 6) is -1.68. The van der Waals surface area contributed by atoms with Crippen molar-refractivity contribution < 1.29 is 32.6 Å². The van der Waals surface area contributed by atoms with Crippen LogP contribution in [0.4, 0.5) is 18.9 Å². The first-order valence-corrected chi connectivity index (χ1v) is 10.2. The van der Waals surface area contributed by atoms with Crippen LogP contribution in [-0.4, -0.2) is 49.8 Å². The van der Waals surface area contributed by atoms with Crippen LogP contribution >= 0.6 is 0 Å². The highest BCUT2D eigenvalue weighted by Crippen LogP contribution is 2.23. The Morgan fingerprint density at radius 3 is 2.28 bits per heavy atom. The van der Waals surface area contributed by atoms with E-state index in [2.05, 4.69) is 20.3 Å². The molecular weight excluding hydrogens is 479 g/mol. The van der Waals surface area contributed by atoms with Crippen LogP contribution in [0.2, 0.25) is 0 Å². The van der Waals surface area contributed by atoms with Crippen LogP contribution in [0.25, 0.3) is 22.5 Å². The molecule has 4 rings (SSSR count). The molecule has 0 aliphatic rings. The first-order chi connectivity index (χ1) is 17.1. The fraction of sp³-hybridized carbons (Fsp3) is 0.125. The van der Waals surface area contributed by atoms with Crippen molar-refractivity contribution in [2.24, 2.45) is 7.05 Å². The smallest absolute Gasteiger partial charge is 0.490 e. The van der Waals surface area contributed by atoms with Gasteiger partial charge < -0.3 is 19.7 Å². The van der Waals surface area contributed by atoms with Gasteiger partial charge >= 0.3 is 12.1 Å². The lowest BCUT2D eigenvalue weighted by molar-refractivity contribution is -0.192. The molecule has 0 unspecified atom stereocenters. The molecule has 0 atom stereocenters. The molecule has 1 aromatic carbocycles. The number of carboxylic acids is 1. The number of hydrogen-bond donors (Lipinski definition) is 2. The number of nitrogens with zero attached hydrogens (tertiary/aromatic N) is 4. The number of ether oxygens (including phenoxy) is 1. The molecule has 12 heteroatoms. The van der Waals surface area contributed by atoms with Gasteiger partial charge in [-0.25, -0.2) is 14.8 Å². The highest BCUT2D eigenvalue weighted by atomic mass is 19.4. The van der Waals surface area contributed by atoms with Gasteiger partial charge in [-0.15, -0.1) is 0 Å². The molecule has 2 N–H and O–H groups in total. The minimum atomic E-state index is -5.08. The molecular formula is C24H20F3N5O4. The van der Waals surface area contributed by atoms with Gasteiger partial charge in [0.15, 0.2) is 5.82 Å². The van der Waals surface area contributed by atoms with Crippen LogP contribution in [0, 0.1) is 0 Å². The summed E-state index contributed by atoms with van der Waals surface area (Å²) < 4.78 is 38.7. The predicted octanol–water partition coefficient (Wildman–Crippen LogP) is 4.44. The zero-order valence-corrected chi connectivity index (χ0v) is 19.0. The third-order valence-corrected chi connectivity index (χ3v) is 4.71. The number of hydrogen-bond acceptors (Lipinski definition) is 6. The maximum absolute atomic E-state index is 12.7. The summed E-state index contributed by atoms with van der Waals surface area (Å²) >= 11 is 0. The number of benzene rings is 1. The van der Waals surface area contributed by atoms with E-state index < -0.39 is 12.1 Å². The lowest BCUT2D eigenvalue weighted by Crippen LogP contribution is -2.21. The highest BCUT2D eigenvalue weighted by molar-refractivity contribution is 6.04. The van der Waals surface area contributed by atoms with E-state index in [1.807, 2.05) is 49.6 Å². The number of aliphatic carboxylic acids is 1. The lowest BCUT2D eigenvalue weighted by atomic mass is 10.1. The van der Waals surface area contributed by atoms with Gasteiger partial charge in [0.1, 0.15) is 11.4 Å². The van der Waals surface area contributed by atoms with Crippen LogP contribution < -0.4 is 10.1 Å². The number of halogens is 3. The number of rotatable bonds is 5. The Balaban J connectivity index is 0.000000454. The van der Waals surface area contributed by atoms with Crippen molar-refractivity contribution in [1.82, 2.24) is 19.5 Å². The number of anilines is 1. The third-order valence-electron chi connectivity index (χ3n) is 4.71. The Morgan fingerprint density at radius 2 is 1.69 bits per heavy atom. The van der Waals surface area contributed by atoms with Gasteiger partial charge in [0.2, 0.25) is 0 Å². The molecule has 0 bridgehead atoms. The van der Waals surface area contributed by atoms with Gasteiger partial charge in [-0.05, 0) is 30.3 Å². The number of aryl methyl sites for hydroxylation is 1. The Morgan fingerprint density at radius 1 is 1.00 bits per heavy atom. The number of carboxylic acid groups (broad SMARTS) is 1. The second-order valence-electron chi connectivity index (χ2n) is 7.25. The summed E-state index contributed by atoms with van der Waals surface area (Å²) in [7, 11) is 3.42. The van der Waals surface area contributed by atoms with E-state index in [4.69, 9.17) is 14.6 Å². The predicted molar refractivity (Wildman–Crippen MR) is 124 cm³/mol. The molecule has 1 amide bonds. The van der Waals surface area contributed by atoms with E-state index in [1.165, 1.54) is 0 Å². The zero-order chi connectivity index (χ0) is 26.3. The third kappa shape index (κ3) is 6.65. The minimum Gasteiger partial charge on any atom is -0.497 e. The van der Waals surface area contributed by atoms with Crippen LogP contribution in [0.1, 0.15) is 10.5 Å². The first kappa shape index (κ1) is 25.9. The van der Waals surface area contributed by atoms with Crippen LogP contribution in [0.15, 0.2) is 73.4 Å². The quantitative estimate of drug-likeness (QED) is 0.417. The lowest BCUT2D eigenvalue weighted by Gasteiger charge is -2.07. The monoisotopic (exact) mass is 499 g/mol. The molecule has 186 valence electrons. The van der Waals surface area contributed by atoms with Crippen LogP contribution in [0.5, 0.6) is 5.75 Å². The molecule has 0 aliphatic heterocycles. The zero-order valence-electron chi connectivity index (χ0n) is 19.0. The van der Waals surface area contributed by atoms with Gasteiger partial charge in [-0.3, -0.25) is 9.78 Å². The fourth-order valence-electron chi connectivity index (χ4n) is 2.97. The van der Waals surface area contributed by atoms with Crippen molar-refractivity contribution in [3.8, 4) is 28.3 Å². The van der Waals surface area contributed by atoms with Gasteiger partial charge in [0.25, 0.3) is 5.91 Å². The van der Waals surface area contributed by atoms with Gasteiger partial charge in [0, 0.05) is 66.5 Å². The van der Waals surface area contributed by atoms with Crippen molar-refractivity contribution in [2.75, 3.05) is 12.4 Å². The molecule has 3 aromatic heterocycles. The molecule has 36 heavy (non-hydrogen) atoms. The second-order valence-corrected chi connectivity index (χ2v) is 7.25. The van der Waals surface area contributed by atoms with Crippen LogP contribution in [0.3, 0.4) is 0 Å². The van der Waals surface area contributed by atoms with Gasteiger partial charge in [-0.1, -0.05) is 6.07 Å². The van der Waals surface area contributed by atoms with E-state index in [-0.39, 0.29) is 5.91 Å². The maximum Gasteiger partial charge on any atom is 0.490 e. The molecule has 0 spiro atoms. The standard InChI is InChI=1S/C22H19N5O2.C2HF3O2/c1-27-14-16(17-12-24-21(25-13-17)15-5-4-8-23-11-15)9-20(27)22(28)26-18-6-3-7-19(10-18)29-2;3-2(4,5)1(6)7/h3-14H,1-2H3,(H,26,28);(H,6,7). The number of carbonyl (C=O) groups excluding carboxylic acids is 1. The number of alkyl halides is 3. The number of pyridine rings is 1. The second kappa shape index (κ2) is 11.1. The summed E-state index contributed by atoms with van der Waals surface area (Å²) in [5, 5.41) is 10.0. The number of methoxy groups -OCH3 is 1. The average molecular weight is 499 g/mol. The molecule has 4 aromatic rings. The van der Waals surface area contributed by atoms with Crippen molar-refractivity contribution in [1.29, 1.82) is 0 Å². The molecule has 0 saturated carbocycles. The van der Waals surface area contributed by atoms with E-state index in [0.717, 1.165) is 16.7 Å². The molecule has 0 saturated heterocycles. The van der Waals surface area contributed by atoms with Crippen molar-refractivity contribution in [3.05, 3.63) is 79.1 Å². The Hall–Kier alpha value is -4.74. The Labute approximate surface area is 203 Å². The number of nitrogens with one attached hydrogen (secondary N) is 1. The van der Waals surface area contributed by atoms with E-state index in [0.29, 0.717) is 23.0 Å². The van der Waals surface area contributed by atoms with Crippen LogP contribution in [-0.2, 0) is 11.8 Å². The van der Waals surface area contributed by atoms with E-state index >= 15 is 0 Å². The number of carbonyl (C=O) groups is 2. The van der Waals surface area contributed by atoms with Crippen molar-refractivity contribution in [2.45, 2.75) is 6.18 Å². The molecule has 0 aliphatic carbocycles. The SMILES string of the molecule is COc1cccc(NC(=O)c2cc(-c3cnc(-c4cccnc4)nc3)cn2C)c1.O=C(O)C(F)(F)F.